The molecule has 0 bridgehead atoms. The Morgan fingerprint density at radius 3 is 2.55 bits per heavy atom. The molecule has 0 aromatic rings. The molecule has 0 fully saturated rings. The maximum absolute atomic E-state index is 10.8. The van der Waals surface area contributed by atoms with Crippen molar-refractivity contribution in [1.29, 1.82) is 0 Å². The van der Waals surface area contributed by atoms with Gasteiger partial charge < -0.3 is 5.32 Å². The predicted molar refractivity (Wildman–Crippen MR) is 44.8 cm³/mol. The zero-order chi connectivity index (χ0) is 8.43. The van der Waals surface area contributed by atoms with Crippen molar-refractivity contribution in [3.63, 3.8) is 0 Å². The van der Waals surface area contributed by atoms with Gasteiger partial charge in [-0.2, -0.15) is 0 Å². The maximum atomic E-state index is 10.8. The molecule has 1 N–H and O–H groups in total. The minimum atomic E-state index is -0.00519. The van der Waals surface area contributed by atoms with Gasteiger partial charge in [0.25, 0.3) is 0 Å². The van der Waals surface area contributed by atoms with Crippen molar-refractivity contribution in [3.8, 4) is 0 Å². The first kappa shape index (κ1) is 8.05. The SMILES string of the molecule is CC1=CC(=O)N/C1=C/C(C)C. The topological polar surface area (TPSA) is 29.1 Å². The van der Waals surface area contributed by atoms with Gasteiger partial charge in [0.05, 0.1) is 0 Å². The van der Waals surface area contributed by atoms with E-state index in [0.29, 0.717) is 5.92 Å². The van der Waals surface area contributed by atoms with Crippen LogP contribution in [0.4, 0.5) is 0 Å². The van der Waals surface area contributed by atoms with Gasteiger partial charge in [-0.15, -0.1) is 0 Å². The molecule has 0 saturated carbocycles. The molecule has 1 heterocycles. The number of amides is 1. The van der Waals surface area contributed by atoms with E-state index in [2.05, 4.69) is 25.2 Å². The third-order valence-electron chi connectivity index (χ3n) is 1.53. The van der Waals surface area contributed by atoms with E-state index in [9.17, 15) is 4.79 Å². The summed E-state index contributed by atoms with van der Waals surface area (Å²) in [7, 11) is 0. The van der Waals surface area contributed by atoms with Crippen molar-refractivity contribution in [1.82, 2.24) is 5.32 Å². The Morgan fingerprint density at radius 2 is 2.18 bits per heavy atom. The number of nitrogens with one attached hydrogen (secondary N) is 1. The van der Waals surface area contributed by atoms with Crippen LogP contribution in [0, 0.1) is 5.92 Å². The van der Waals surface area contributed by atoms with E-state index in [0.717, 1.165) is 11.3 Å². The molecule has 0 spiro atoms. The van der Waals surface area contributed by atoms with Gasteiger partial charge in [-0.1, -0.05) is 19.9 Å². The normalized spacial score (nSPS) is 20.9. The van der Waals surface area contributed by atoms with Crippen molar-refractivity contribution in [2.75, 3.05) is 0 Å². The van der Waals surface area contributed by atoms with Crippen molar-refractivity contribution in [2.24, 2.45) is 5.92 Å². The smallest absolute Gasteiger partial charge is 0.248 e. The Bertz CT molecular complexity index is 236. The highest BCUT2D eigenvalue weighted by atomic mass is 16.1. The largest absolute Gasteiger partial charge is 0.323 e. The van der Waals surface area contributed by atoms with Gasteiger partial charge in [0.15, 0.2) is 0 Å². The number of allylic oxidation sites excluding steroid dienone is 2. The highest BCUT2D eigenvalue weighted by Gasteiger charge is 2.12. The molecule has 1 aliphatic rings. The van der Waals surface area contributed by atoms with E-state index in [4.69, 9.17) is 0 Å². The summed E-state index contributed by atoms with van der Waals surface area (Å²) in [6.07, 6.45) is 3.67. The second-order valence-corrected chi connectivity index (χ2v) is 3.14. The highest BCUT2D eigenvalue weighted by Crippen LogP contribution is 2.14. The molecule has 1 rings (SSSR count). The molecule has 0 aromatic carbocycles. The predicted octanol–water partition coefficient (Wildman–Crippen LogP) is 1.60. The Kier molecular flexibility index (Phi) is 2.13. The molecule has 0 atom stereocenters. The van der Waals surface area contributed by atoms with Crippen LogP contribution < -0.4 is 5.32 Å². The lowest BCUT2D eigenvalue weighted by atomic mass is 10.1. The van der Waals surface area contributed by atoms with Crippen molar-refractivity contribution in [2.45, 2.75) is 20.8 Å². The second-order valence-electron chi connectivity index (χ2n) is 3.14. The molecule has 11 heavy (non-hydrogen) atoms. The summed E-state index contributed by atoms with van der Waals surface area (Å²) in [6.45, 7) is 6.11. The molecule has 0 unspecified atom stereocenters. The third kappa shape index (κ3) is 1.93. The van der Waals surface area contributed by atoms with Gasteiger partial charge >= 0.3 is 0 Å². The first-order chi connectivity index (χ1) is 5.09. The van der Waals surface area contributed by atoms with E-state index in [1.807, 2.05) is 6.92 Å². The molecule has 2 nitrogen and oxygen atoms in total. The molecule has 0 saturated heterocycles. The maximum Gasteiger partial charge on any atom is 0.248 e. The van der Waals surface area contributed by atoms with Crippen LogP contribution in [0.1, 0.15) is 20.8 Å². The molecule has 1 aliphatic heterocycles. The lowest BCUT2D eigenvalue weighted by molar-refractivity contribution is -0.115. The summed E-state index contributed by atoms with van der Waals surface area (Å²) in [5.74, 6) is 0.473. The van der Waals surface area contributed by atoms with Crippen molar-refractivity contribution in [3.05, 3.63) is 23.4 Å². The third-order valence-corrected chi connectivity index (χ3v) is 1.53. The lowest BCUT2D eigenvalue weighted by Gasteiger charge is -2.02. The summed E-state index contributed by atoms with van der Waals surface area (Å²) in [5, 5.41) is 2.76. The van der Waals surface area contributed by atoms with Gasteiger partial charge in [0.1, 0.15) is 0 Å². The summed E-state index contributed by atoms with van der Waals surface area (Å²) in [5.41, 5.74) is 1.99. The van der Waals surface area contributed by atoms with Gasteiger partial charge in [0, 0.05) is 11.8 Å². The van der Waals surface area contributed by atoms with Gasteiger partial charge in [-0.25, -0.2) is 0 Å². The summed E-state index contributed by atoms with van der Waals surface area (Å²) in [4.78, 5) is 10.8. The Labute approximate surface area is 67.0 Å². The van der Waals surface area contributed by atoms with Crippen LogP contribution in [-0.4, -0.2) is 5.91 Å². The second kappa shape index (κ2) is 2.91. The standard InChI is InChI=1S/C9H13NO/c1-6(2)4-8-7(3)5-9(11)10-8/h4-6H,1-3H3,(H,10,11)/b8-4+. The number of carbonyl (C=O) groups excluding carboxylic acids is 1. The van der Waals surface area contributed by atoms with Gasteiger partial charge in [-0.05, 0) is 18.4 Å². The molecular formula is C9H13NO. The van der Waals surface area contributed by atoms with Crippen LogP contribution in [0.25, 0.3) is 0 Å². The number of rotatable bonds is 1. The van der Waals surface area contributed by atoms with E-state index >= 15 is 0 Å². The number of carbonyl (C=O) groups is 1. The Balaban J connectivity index is 2.79. The fourth-order valence-electron chi connectivity index (χ4n) is 1.05. The fourth-order valence-corrected chi connectivity index (χ4v) is 1.05. The van der Waals surface area contributed by atoms with Crippen LogP contribution in [0.15, 0.2) is 23.4 Å². The van der Waals surface area contributed by atoms with E-state index in [-0.39, 0.29) is 5.91 Å². The van der Waals surface area contributed by atoms with E-state index in [1.165, 1.54) is 0 Å². The summed E-state index contributed by atoms with van der Waals surface area (Å²) < 4.78 is 0. The van der Waals surface area contributed by atoms with Gasteiger partial charge in [0.2, 0.25) is 5.91 Å². The molecule has 60 valence electrons. The first-order valence-electron chi connectivity index (χ1n) is 3.81. The lowest BCUT2D eigenvalue weighted by Crippen LogP contribution is -2.13. The summed E-state index contributed by atoms with van der Waals surface area (Å²) >= 11 is 0. The minimum Gasteiger partial charge on any atom is -0.323 e. The van der Waals surface area contributed by atoms with Crippen LogP contribution in [0.5, 0.6) is 0 Å². The number of hydrogen-bond acceptors (Lipinski definition) is 1. The molecular weight excluding hydrogens is 138 g/mol. The van der Waals surface area contributed by atoms with Crippen LogP contribution in [-0.2, 0) is 4.79 Å². The summed E-state index contributed by atoms with van der Waals surface area (Å²) in [6, 6.07) is 0. The Morgan fingerprint density at radius 1 is 1.55 bits per heavy atom. The Hall–Kier alpha value is -1.05. The molecule has 0 aromatic heterocycles. The quantitative estimate of drug-likeness (QED) is 0.606. The molecule has 0 radical (unpaired) electrons. The van der Waals surface area contributed by atoms with E-state index in [1.54, 1.807) is 6.08 Å². The first-order valence-corrected chi connectivity index (χ1v) is 3.81. The van der Waals surface area contributed by atoms with Crippen molar-refractivity contribution >= 4 is 5.91 Å². The molecule has 0 aliphatic carbocycles. The minimum absolute atomic E-state index is 0.00519. The van der Waals surface area contributed by atoms with Crippen LogP contribution in [0.3, 0.4) is 0 Å². The average molecular weight is 151 g/mol. The fraction of sp³-hybridized carbons (Fsp3) is 0.444. The molecule has 2 heteroatoms. The number of hydrogen-bond donors (Lipinski definition) is 1. The van der Waals surface area contributed by atoms with Gasteiger partial charge in [-0.3, -0.25) is 4.79 Å². The van der Waals surface area contributed by atoms with E-state index < -0.39 is 0 Å². The van der Waals surface area contributed by atoms with Crippen LogP contribution >= 0.6 is 0 Å². The molecule has 1 amide bonds. The highest BCUT2D eigenvalue weighted by molar-refractivity contribution is 5.94. The zero-order valence-electron chi connectivity index (χ0n) is 7.14. The average Bonchev–Trinajstić information content (AvgIpc) is 2.09. The van der Waals surface area contributed by atoms with Crippen LogP contribution in [0.2, 0.25) is 0 Å². The van der Waals surface area contributed by atoms with Crippen molar-refractivity contribution < 1.29 is 4.79 Å². The zero-order valence-corrected chi connectivity index (χ0v) is 7.14. The monoisotopic (exact) mass is 151 g/mol.